The van der Waals surface area contributed by atoms with Crippen molar-refractivity contribution >= 4 is 16.2 Å². The Hall–Kier alpha value is -1.17. The number of hydrogen-bond acceptors (Lipinski definition) is 5. The van der Waals surface area contributed by atoms with E-state index in [2.05, 4.69) is 0 Å². The minimum absolute atomic E-state index is 0.0227. The lowest BCUT2D eigenvalue weighted by Crippen LogP contribution is -2.16. The summed E-state index contributed by atoms with van der Waals surface area (Å²) in [6.07, 6.45) is 0.885. The molecule has 0 spiro atoms. The first-order valence-corrected chi connectivity index (χ1v) is 7.92. The SMILES string of the molecule is CCOC(OCC)=C(OCC)C(=O)OCCC[SiH3]. The zero-order chi connectivity index (χ0) is 13.8. The zero-order valence-electron chi connectivity index (χ0n) is 11.8. The fourth-order valence-corrected chi connectivity index (χ4v) is 1.44. The first-order valence-electron chi connectivity index (χ1n) is 6.50. The van der Waals surface area contributed by atoms with Gasteiger partial charge >= 0.3 is 11.9 Å². The van der Waals surface area contributed by atoms with E-state index in [1.54, 1.807) is 6.92 Å². The Morgan fingerprint density at radius 2 is 1.50 bits per heavy atom. The van der Waals surface area contributed by atoms with Crippen molar-refractivity contribution in [3.63, 3.8) is 0 Å². The highest BCUT2D eigenvalue weighted by Gasteiger charge is 2.21. The summed E-state index contributed by atoms with van der Waals surface area (Å²) in [5.74, 6) is -0.392. The third-order valence-electron chi connectivity index (χ3n) is 1.94. The van der Waals surface area contributed by atoms with Crippen LogP contribution in [0.4, 0.5) is 0 Å². The second-order valence-electron chi connectivity index (χ2n) is 3.41. The third kappa shape index (κ3) is 6.54. The molecule has 0 amide bonds. The van der Waals surface area contributed by atoms with E-state index in [1.807, 2.05) is 13.8 Å². The molecule has 0 unspecified atom stereocenters. The molecule has 0 fully saturated rings. The molecule has 0 radical (unpaired) electrons. The van der Waals surface area contributed by atoms with E-state index in [4.69, 9.17) is 18.9 Å². The molecule has 0 aliphatic carbocycles. The third-order valence-corrected chi connectivity index (χ3v) is 2.65. The lowest BCUT2D eigenvalue weighted by atomic mass is 10.5. The largest absolute Gasteiger partial charge is 0.482 e. The summed E-state index contributed by atoms with van der Waals surface area (Å²) in [5, 5.41) is 0. The van der Waals surface area contributed by atoms with Crippen molar-refractivity contribution in [1.29, 1.82) is 0 Å². The summed E-state index contributed by atoms with van der Waals surface area (Å²) in [4.78, 5) is 11.8. The number of esters is 1. The molecule has 0 saturated carbocycles. The molecule has 0 aromatic rings. The maximum absolute atomic E-state index is 11.8. The van der Waals surface area contributed by atoms with Crippen LogP contribution in [-0.4, -0.2) is 42.6 Å². The van der Waals surface area contributed by atoms with Gasteiger partial charge < -0.3 is 18.9 Å². The van der Waals surface area contributed by atoms with E-state index in [-0.39, 0.29) is 11.7 Å². The molecule has 5 nitrogen and oxygen atoms in total. The van der Waals surface area contributed by atoms with Gasteiger partial charge in [0.1, 0.15) is 0 Å². The minimum Gasteiger partial charge on any atom is -0.482 e. The van der Waals surface area contributed by atoms with Crippen molar-refractivity contribution in [3.05, 3.63) is 11.7 Å². The van der Waals surface area contributed by atoms with Crippen molar-refractivity contribution in [1.82, 2.24) is 0 Å². The smallest absolute Gasteiger partial charge is 0.381 e. The molecule has 106 valence electrons. The molecule has 0 N–H and O–H groups in total. The van der Waals surface area contributed by atoms with Gasteiger partial charge in [0.05, 0.1) is 26.4 Å². The average molecular weight is 276 g/mol. The van der Waals surface area contributed by atoms with Crippen molar-refractivity contribution in [2.75, 3.05) is 26.4 Å². The van der Waals surface area contributed by atoms with E-state index in [0.717, 1.165) is 22.7 Å². The predicted octanol–water partition coefficient (Wildman–Crippen LogP) is 0.982. The van der Waals surface area contributed by atoms with Crippen molar-refractivity contribution in [3.8, 4) is 0 Å². The van der Waals surface area contributed by atoms with Crippen molar-refractivity contribution in [2.45, 2.75) is 33.2 Å². The number of rotatable bonds is 10. The van der Waals surface area contributed by atoms with E-state index < -0.39 is 5.97 Å². The van der Waals surface area contributed by atoms with Gasteiger partial charge in [-0.25, -0.2) is 4.79 Å². The average Bonchev–Trinajstić information content (AvgIpc) is 2.36. The van der Waals surface area contributed by atoms with Crippen LogP contribution in [0, 0.1) is 0 Å². The fourth-order valence-electron chi connectivity index (χ4n) is 1.16. The van der Waals surface area contributed by atoms with E-state index in [1.165, 1.54) is 0 Å². The van der Waals surface area contributed by atoms with Gasteiger partial charge in [0.2, 0.25) is 0 Å². The molecular formula is C12H24O5Si. The van der Waals surface area contributed by atoms with Gasteiger partial charge in [0, 0.05) is 10.2 Å². The van der Waals surface area contributed by atoms with Gasteiger partial charge in [-0.15, -0.1) is 0 Å². The van der Waals surface area contributed by atoms with Crippen LogP contribution in [0.2, 0.25) is 6.04 Å². The lowest BCUT2D eigenvalue weighted by Gasteiger charge is -2.14. The molecule has 6 heteroatoms. The lowest BCUT2D eigenvalue weighted by molar-refractivity contribution is -0.144. The summed E-state index contributed by atoms with van der Waals surface area (Å²) in [6, 6.07) is 1.10. The maximum atomic E-state index is 11.8. The first-order chi connectivity index (χ1) is 8.71. The van der Waals surface area contributed by atoms with Crippen LogP contribution in [0.3, 0.4) is 0 Å². The van der Waals surface area contributed by atoms with E-state index in [0.29, 0.717) is 26.4 Å². The highest BCUT2D eigenvalue weighted by Crippen LogP contribution is 2.12. The van der Waals surface area contributed by atoms with E-state index in [9.17, 15) is 4.79 Å². The highest BCUT2D eigenvalue weighted by atomic mass is 28.1. The Bertz CT molecular complexity index is 257. The van der Waals surface area contributed by atoms with Gasteiger partial charge in [0.15, 0.2) is 0 Å². The molecule has 0 aliphatic heterocycles. The van der Waals surface area contributed by atoms with Gasteiger partial charge in [-0.1, -0.05) is 6.04 Å². The number of ether oxygens (including phenoxy) is 4. The molecule has 0 aromatic carbocycles. The van der Waals surface area contributed by atoms with Crippen LogP contribution in [0.1, 0.15) is 27.2 Å². The van der Waals surface area contributed by atoms with Crippen LogP contribution in [0.5, 0.6) is 0 Å². The van der Waals surface area contributed by atoms with Crippen LogP contribution < -0.4 is 0 Å². The molecule has 0 saturated heterocycles. The van der Waals surface area contributed by atoms with Gasteiger partial charge in [-0.2, -0.15) is 0 Å². The van der Waals surface area contributed by atoms with Crippen LogP contribution in [0.15, 0.2) is 11.7 Å². The van der Waals surface area contributed by atoms with Crippen molar-refractivity contribution in [2.24, 2.45) is 0 Å². The Balaban J connectivity index is 4.74. The molecule has 0 aromatic heterocycles. The fraction of sp³-hybridized carbons (Fsp3) is 0.750. The number of carbonyl (C=O) groups is 1. The first kappa shape index (κ1) is 16.8. The Labute approximate surface area is 112 Å². The topological polar surface area (TPSA) is 54.0 Å². The van der Waals surface area contributed by atoms with E-state index >= 15 is 0 Å². The maximum Gasteiger partial charge on any atom is 0.381 e. The molecule has 0 aliphatic rings. The van der Waals surface area contributed by atoms with Gasteiger partial charge in [0.25, 0.3) is 5.76 Å². The molecule has 0 atom stereocenters. The molecular weight excluding hydrogens is 252 g/mol. The van der Waals surface area contributed by atoms with Crippen LogP contribution in [0.25, 0.3) is 0 Å². The Morgan fingerprint density at radius 3 is 1.94 bits per heavy atom. The Kier molecular flexibility index (Phi) is 10.2. The van der Waals surface area contributed by atoms with Crippen LogP contribution >= 0.6 is 0 Å². The molecule has 0 bridgehead atoms. The number of carbonyl (C=O) groups excluding carboxylic acids is 1. The highest BCUT2D eigenvalue weighted by molar-refractivity contribution is 6.08. The Morgan fingerprint density at radius 1 is 0.944 bits per heavy atom. The predicted molar refractivity (Wildman–Crippen MR) is 72.2 cm³/mol. The summed E-state index contributed by atoms with van der Waals surface area (Å²) >= 11 is 0. The normalized spacial score (nSPS) is 9.72. The summed E-state index contributed by atoms with van der Waals surface area (Å²) in [6.45, 7) is 6.99. The standard InChI is InChI=1S/C12H24O5Si/c1-4-14-10(11(13)17-8-7-9-18)12(15-5-2)16-6-3/h4-9H2,1-3,18H3. The molecule has 18 heavy (non-hydrogen) atoms. The summed E-state index contributed by atoms with van der Waals surface area (Å²) < 4.78 is 20.9. The monoisotopic (exact) mass is 276 g/mol. The summed E-state index contributed by atoms with van der Waals surface area (Å²) in [5.41, 5.74) is 0. The minimum atomic E-state index is -0.524. The summed E-state index contributed by atoms with van der Waals surface area (Å²) in [7, 11) is 1.11. The molecule has 0 rings (SSSR count). The van der Waals surface area contributed by atoms with Gasteiger partial charge in [-0.3, -0.25) is 0 Å². The second-order valence-corrected chi connectivity index (χ2v) is 4.41. The number of hydrogen-bond donors (Lipinski definition) is 0. The van der Waals surface area contributed by atoms with Gasteiger partial charge in [-0.05, 0) is 27.2 Å². The van der Waals surface area contributed by atoms with Crippen LogP contribution in [-0.2, 0) is 23.7 Å². The molecule has 0 heterocycles. The van der Waals surface area contributed by atoms with Crippen molar-refractivity contribution < 1.29 is 23.7 Å². The quantitative estimate of drug-likeness (QED) is 0.196. The second kappa shape index (κ2) is 10.9. The zero-order valence-corrected chi connectivity index (χ0v) is 13.8.